The van der Waals surface area contributed by atoms with Gasteiger partial charge < -0.3 is 15.1 Å². The zero-order chi connectivity index (χ0) is 24.5. The Bertz CT molecular complexity index is 1430. The molecular formula is C27H21N3O4S. The standard InChI is InChI=1S/C27H21N3O4S/c1-16-25(35-26(29-16)19-7-3-2-4-8-19)23(32)21-22(18-9-11-20(31)12-10-18)30(27(34)24(21)33)15-17-6-5-13-28-14-17/h2-14,22,31,33H,15H2,1H3. The first-order chi connectivity index (χ1) is 16.9. The molecule has 1 amide bonds. The number of aromatic hydroxyl groups is 1. The Morgan fingerprint density at radius 3 is 2.46 bits per heavy atom. The van der Waals surface area contributed by atoms with Crippen molar-refractivity contribution in [2.75, 3.05) is 0 Å². The number of aromatic nitrogens is 2. The van der Waals surface area contributed by atoms with Crippen molar-refractivity contribution in [1.82, 2.24) is 14.9 Å². The first-order valence-corrected chi connectivity index (χ1v) is 11.7. The molecule has 5 rings (SSSR count). The summed E-state index contributed by atoms with van der Waals surface area (Å²) in [5.41, 5.74) is 2.76. The van der Waals surface area contributed by atoms with Crippen molar-refractivity contribution >= 4 is 23.0 Å². The molecule has 1 aliphatic heterocycles. The monoisotopic (exact) mass is 483 g/mol. The molecule has 0 saturated heterocycles. The van der Waals surface area contributed by atoms with E-state index in [1.54, 1.807) is 37.5 Å². The molecule has 3 heterocycles. The zero-order valence-electron chi connectivity index (χ0n) is 18.8. The van der Waals surface area contributed by atoms with Gasteiger partial charge in [0.1, 0.15) is 10.8 Å². The van der Waals surface area contributed by atoms with Crippen LogP contribution in [0.15, 0.2) is 90.5 Å². The van der Waals surface area contributed by atoms with Crippen molar-refractivity contribution in [1.29, 1.82) is 0 Å². The summed E-state index contributed by atoms with van der Waals surface area (Å²) in [6.45, 7) is 1.89. The number of pyridine rings is 1. The molecule has 0 spiro atoms. The molecule has 4 aromatic rings. The van der Waals surface area contributed by atoms with E-state index >= 15 is 0 Å². The summed E-state index contributed by atoms with van der Waals surface area (Å²) in [5, 5.41) is 21.4. The molecule has 1 unspecified atom stereocenters. The number of phenolic OH excluding ortho intramolecular Hbond substituents is 1. The number of ketones is 1. The lowest BCUT2D eigenvalue weighted by atomic mass is 9.95. The van der Waals surface area contributed by atoms with Crippen LogP contribution in [0.3, 0.4) is 0 Å². The highest BCUT2D eigenvalue weighted by molar-refractivity contribution is 7.17. The number of hydrogen-bond acceptors (Lipinski definition) is 7. The van der Waals surface area contributed by atoms with E-state index in [2.05, 4.69) is 9.97 Å². The Labute approximate surface area is 205 Å². The molecule has 1 aliphatic rings. The van der Waals surface area contributed by atoms with Crippen LogP contribution in [0.1, 0.15) is 32.5 Å². The number of hydrogen-bond donors (Lipinski definition) is 2. The lowest BCUT2D eigenvalue weighted by Gasteiger charge is -2.26. The number of nitrogens with zero attached hydrogens (tertiary/aromatic N) is 3. The van der Waals surface area contributed by atoms with Crippen molar-refractivity contribution in [3.63, 3.8) is 0 Å². The largest absolute Gasteiger partial charge is 0.508 e. The number of thiazole rings is 1. The predicted molar refractivity (Wildman–Crippen MR) is 132 cm³/mol. The van der Waals surface area contributed by atoms with Crippen LogP contribution in [0.2, 0.25) is 0 Å². The topological polar surface area (TPSA) is 104 Å². The van der Waals surface area contributed by atoms with Crippen molar-refractivity contribution in [2.24, 2.45) is 0 Å². The highest BCUT2D eigenvalue weighted by Gasteiger charge is 2.44. The number of phenols is 1. The highest BCUT2D eigenvalue weighted by atomic mass is 32.1. The summed E-state index contributed by atoms with van der Waals surface area (Å²) in [4.78, 5) is 37.5. The maximum absolute atomic E-state index is 13.8. The van der Waals surface area contributed by atoms with Crippen LogP contribution < -0.4 is 0 Å². The summed E-state index contributed by atoms with van der Waals surface area (Å²) in [6, 6.07) is 18.5. The molecule has 35 heavy (non-hydrogen) atoms. The SMILES string of the molecule is Cc1nc(-c2ccccc2)sc1C(=O)C1=C(O)C(=O)N(Cc2cccnc2)C1c1ccc(O)cc1. The van der Waals surface area contributed by atoms with Gasteiger partial charge in [0.15, 0.2) is 5.76 Å². The first kappa shape index (κ1) is 22.5. The molecule has 0 saturated carbocycles. The van der Waals surface area contributed by atoms with Crippen LogP contribution in [-0.2, 0) is 11.3 Å². The summed E-state index contributed by atoms with van der Waals surface area (Å²) in [5.74, 6) is -1.60. The minimum atomic E-state index is -0.836. The third-order valence-corrected chi connectivity index (χ3v) is 7.06. The van der Waals surface area contributed by atoms with Gasteiger partial charge in [-0.2, -0.15) is 0 Å². The molecule has 0 fully saturated rings. The lowest BCUT2D eigenvalue weighted by molar-refractivity contribution is -0.130. The van der Waals surface area contributed by atoms with E-state index in [-0.39, 0.29) is 17.9 Å². The first-order valence-electron chi connectivity index (χ1n) is 10.9. The fourth-order valence-electron chi connectivity index (χ4n) is 4.17. The third-order valence-electron chi connectivity index (χ3n) is 5.86. The van der Waals surface area contributed by atoms with Gasteiger partial charge in [-0.05, 0) is 36.2 Å². The number of benzene rings is 2. The number of aliphatic hydroxyl groups is 1. The molecule has 0 bridgehead atoms. The van der Waals surface area contributed by atoms with Crippen LogP contribution in [0, 0.1) is 6.92 Å². The second-order valence-corrected chi connectivity index (χ2v) is 9.18. The normalized spacial score (nSPS) is 15.6. The van der Waals surface area contributed by atoms with Crippen LogP contribution in [-0.4, -0.2) is 36.8 Å². The number of rotatable bonds is 6. The molecule has 2 aromatic heterocycles. The fourth-order valence-corrected chi connectivity index (χ4v) is 5.20. The number of amides is 1. The Balaban J connectivity index is 1.58. The van der Waals surface area contributed by atoms with Crippen LogP contribution in [0.5, 0.6) is 5.75 Å². The van der Waals surface area contributed by atoms with Crippen LogP contribution in [0.25, 0.3) is 10.6 Å². The van der Waals surface area contributed by atoms with E-state index in [0.29, 0.717) is 21.1 Å². The molecule has 2 N–H and O–H groups in total. The average Bonchev–Trinajstić information content (AvgIpc) is 3.38. The minimum absolute atomic E-state index is 0.00376. The maximum Gasteiger partial charge on any atom is 0.290 e. The molecule has 0 aliphatic carbocycles. The minimum Gasteiger partial charge on any atom is -0.508 e. The van der Waals surface area contributed by atoms with Crippen LogP contribution >= 0.6 is 11.3 Å². The van der Waals surface area contributed by atoms with Crippen molar-refractivity contribution < 1.29 is 19.8 Å². The quantitative estimate of drug-likeness (QED) is 0.374. The van der Waals surface area contributed by atoms with E-state index in [0.717, 1.165) is 11.1 Å². The van der Waals surface area contributed by atoms with E-state index in [9.17, 15) is 19.8 Å². The zero-order valence-corrected chi connectivity index (χ0v) is 19.6. The van der Waals surface area contributed by atoms with E-state index in [4.69, 9.17) is 0 Å². The lowest BCUT2D eigenvalue weighted by Crippen LogP contribution is -2.30. The highest BCUT2D eigenvalue weighted by Crippen LogP contribution is 2.42. The number of aryl methyl sites for hydroxylation is 1. The molecular weight excluding hydrogens is 462 g/mol. The maximum atomic E-state index is 13.8. The molecule has 0 radical (unpaired) electrons. The Morgan fingerprint density at radius 2 is 1.77 bits per heavy atom. The number of aliphatic hydroxyl groups excluding tert-OH is 1. The van der Waals surface area contributed by atoms with Gasteiger partial charge in [-0.15, -0.1) is 11.3 Å². The van der Waals surface area contributed by atoms with Crippen molar-refractivity contribution in [3.05, 3.63) is 112 Å². The molecule has 8 heteroatoms. The van der Waals surface area contributed by atoms with Crippen molar-refractivity contribution in [2.45, 2.75) is 19.5 Å². The second kappa shape index (κ2) is 9.15. The number of carbonyl (C=O) groups excluding carboxylic acids is 2. The number of Topliss-reactive ketones (excluding diaryl/α,β-unsaturated/α-hetero) is 1. The summed E-state index contributed by atoms with van der Waals surface area (Å²) >= 11 is 1.23. The van der Waals surface area contributed by atoms with E-state index < -0.39 is 23.5 Å². The van der Waals surface area contributed by atoms with Gasteiger partial charge in [-0.3, -0.25) is 14.6 Å². The molecule has 2 aromatic carbocycles. The number of carbonyl (C=O) groups is 2. The molecule has 7 nitrogen and oxygen atoms in total. The van der Waals surface area contributed by atoms with Gasteiger partial charge in [-0.1, -0.05) is 48.5 Å². The van der Waals surface area contributed by atoms with Crippen molar-refractivity contribution in [3.8, 4) is 16.3 Å². The second-order valence-electron chi connectivity index (χ2n) is 8.18. The van der Waals surface area contributed by atoms with Gasteiger partial charge in [-0.25, -0.2) is 4.98 Å². The van der Waals surface area contributed by atoms with Crippen LogP contribution in [0.4, 0.5) is 0 Å². The molecule has 1 atom stereocenters. The Morgan fingerprint density at radius 1 is 1.03 bits per heavy atom. The predicted octanol–water partition coefficient (Wildman–Crippen LogP) is 5.00. The van der Waals surface area contributed by atoms with E-state index in [1.165, 1.54) is 28.4 Å². The third kappa shape index (κ3) is 4.20. The average molecular weight is 484 g/mol. The van der Waals surface area contributed by atoms with Gasteiger partial charge in [0.05, 0.1) is 22.2 Å². The van der Waals surface area contributed by atoms with Gasteiger partial charge >= 0.3 is 0 Å². The molecule has 174 valence electrons. The van der Waals surface area contributed by atoms with Gasteiger partial charge in [0, 0.05) is 24.5 Å². The fraction of sp³-hybridized carbons (Fsp3) is 0.111. The van der Waals surface area contributed by atoms with Gasteiger partial charge in [0.25, 0.3) is 5.91 Å². The van der Waals surface area contributed by atoms with E-state index in [1.807, 2.05) is 36.4 Å². The summed E-state index contributed by atoms with van der Waals surface area (Å²) < 4.78 is 0. The van der Waals surface area contributed by atoms with Gasteiger partial charge in [0.2, 0.25) is 5.78 Å². The summed E-state index contributed by atoms with van der Waals surface area (Å²) in [6.07, 6.45) is 3.27. The smallest absolute Gasteiger partial charge is 0.290 e. The Hall–Kier alpha value is -4.30. The summed E-state index contributed by atoms with van der Waals surface area (Å²) in [7, 11) is 0. The Kier molecular flexibility index (Phi) is 5.88.